The van der Waals surface area contributed by atoms with E-state index in [0.717, 1.165) is 41.2 Å². The zero-order valence-corrected chi connectivity index (χ0v) is 17.5. The number of carbonyl (C=O) groups excluding carboxylic acids is 1. The monoisotopic (exact) mass is 406 g/mol. The van der Waals surface area contributed by atoms with Crippen molar-refractivity contribution in [2.75, 3.05) is 0 Å². The van der Waals surface area contributed by atoms with E-state index >= 15 is 0 Å². The van der Waals surface area contributed by atoms with E-state index in [-0.39, 0.29) is 5.91 Å². The third kappa shape index (κ3) is 4.05. The van der Waals surface area contributed by atoms with Gasteiger partial charge in [0.15, 0.2) is 5.65 Å². The number of hydrogen-bond acceptors (Lipinski definition) is 5. The Balaban J connectivity index is 1.22. The van der Waals surface area contributed by atoms with Gasteiger partial charge >= 0.3 is 0 Å². The number of thiazole rings is 1. The van der Waals surface area contributed by atoms with Gasteiger partial charge < -0.3 is 5.32 Å². The number of nitrogens with one attached hydrogen (secondary N) is 1. The molecule has 2 fully saturated rings. The molecule has 5 nitrogen and oxygen atoms in total. The molecule has 29 heavy (non-hydrogen) atoms. The summed E-state index contributed by atoms with van der Waals surface area (Å²) in [5, 5.41) is 4.25. The minimum Gasteiger partial charge on any atom is -0.353 e. The molecule has 3 aromatic rings. The minimum atomic E-state index is 0.0994. The van der Waals surface area contributed by atoms with E-state index in [9.17, 15) is 4.79 Å². The SMILES string of the molecule is CC(=O)NC1C[C@H]2CC[C@@H](C1)N2Cc1ccc(Cc2nc3ncccc3s2)cc1. The number of aromatic nitrogens is 2. The molecule has 2 saturated heterocycles. The molecule has 0 spiro atoms. The summed E-state index contributed by atoms with van der Waals surface area (Å²) in [5.41, 5.74) is 3.51. The molecule has 3 atom stereocenters. The van der Waals surface area contributed by atoms with Crippen LogP contribution in [0.5, 0.6) is 0 Å². The molecular weight excluding hydrogens is 380 g/mol. The summed E-state index contributed by atoms with van der Waals surface area (Å²) in [4.78, 5) is 23.0. The van der Waals surface area contributed by atoms with Crippen LogP contribution in [-0.2, 0) is 17.8 Å². The second kappa shape index (κ2) is 7.84. The molecule has 6 heteroatoms. The lowest BCUT2D eigenvalue weighted by Crippen LogP contribution is -2.49. The highest BCUT2D eigenvalue weighted by Gasteiger charge is 2.40. The summed E-state index contributed by atoms with van der Waals surface area (Å²) in [5.74, 6) is 0.0994. The Morgan fingerprint density at radius 3 is 2.55 bits per heavy atom. The topological polar surface area (TPSA) is 58.1 Å². The Labute approximate surface area is 175 Å². The van der Waals surface area contributed by atoms with Crippen LogP contribution in [0.4, 0.5) is 0 Å². The minimum absolute atomic E-state index is 0.0994. The van der Waals surface area contributed by atoms with Gasteiger partial charge in [0, 0.05) is 44.2 Å². The van der Waals surface area contributed by atoms with Crippen LogP contribution in [0.1, 0.15) is 48.7 Å². The first-order chi connectivity index (χ1) is 14.1. The first kappa shape index (κ1) is 18.7. The standard InChI is InChI=1S/C23H26N4OS/c1-15(28)25-18-12-19-8-9-20(13-18)27(19)14-17-6-4-16(5-7-17)11-22-26-23-21(29-22)3-2-10-24-23/h2-7,10,18-20H,8-9,11-14H2,1H3,(H,25,28)/t18?,19-,20+. The zero-order chi connectivity index (χ0) is 19.8. The predicted octanol–water partition coefficient (Wildman–Crippen LogP) is 3.91. The molecule has 1 aromatic carbocycles. The summed E-state index contributed by atoms with van der Waals surface area (Å²) in [6.45, 7) is 2.63. The number of hydrogen-bond donors (Lipinski definition) is 1. The van der Waals surface area contributed by atoms with Crippen molar-refractivity contribution in [1.29, 1.82) is 0 Å². The van der Waals surface area contributed by atoms with E-state index in [0.29, 0.717) is 18.1 Å². The van der Waals surface area contributed by atoms with Gasteiger partial charge in [-0.25, -0.2) is 9.97 Å². The number of benzene rings is 1. The van der Waals surface area contributed by atoms with Crippen molar-refractivity contribution < 1.29 is 4.79 Å². The summed E-state index contributed by atoms with van der Waals surface area (Å²) >= 11 is 1.73. The lowest BCUT2D eigenvalue weighted by atomic mass is 9.96. The molecule has 1 unspecified atom stereocenters. The van der Waals surface area contributed by atoms with E-state index in [1.165, 1.54) is 24.0 Å². The van der Waals surface area contributed by atoms with Crippen LogP contribution in [0.25, 0.3) is 10.3 Å². The number of rotatable bonds is 5. The number of amides is 1. The van der Waals surface area contributed by atoms with Gasteiger partial charge in [-0.15, -0.1) is 11.3 Å². The van der Waals surface area contributed by atoms with Crippen molar-refractivity contribution in [2.24, 2.45) is 0 Å². The fraction of sp³-hybridized carbons (Fsp3) is 0.435. The number of carbonyl (C=O) groups is 1. The fourth-order valence-corrected chi connectivity index (χ4v) is 5.94. The first-order valence-corrected chi connectivity index (χ1v) is 11.3. The molecule has 1 N–H and O–H groups in total. The van der Waals surface area contributed by atoms with Gasteiger partial charge in [-0.05, 0) is 48.9 Å². The van der Waals surface area contributed by atoms with Gasteiger partial charge in [0.05, 0.1) is 4.70 Å². The van der Waals surface area contributed by atoms with Crippen molar-refractivity contribution in [3.8, 4) is 0 Å². The molecule has 5 rings (SSSR count). The van der Waals surface area contributed by atoms with Crippen LogP contribution in [-0.4, -0.2) is 38.9 Å². The molecule has 150 valence electrons. The highest BCUT2D eigenvalue weighted by atomic mass is 32.1. The molecule has 2 bridgehead atoms. The Hall–Kier alpha value is -2.31. The van der Waals surface area contributed by atoms with E-state index in [1.807, 2.05) is 6.07 Å². The van der Waals surface area contributed by atoms with Crippen LogP contribution in [0.15, 0.2) is 42.6 Å². The molecular formula is C23H26N4OS. The Morgan fingerprint density at radius 1 is 1.14 bits per heavy atom. The van der Waals surface area contributed by atoms with Crippen molar-refractivity contribution in [3.05, 3.63) is 58.7 Å². The normalized spacial score (nSPS) is 24.1. The van der Waals surface area contributed by atoms with Crippen LogP contribution in [0.2, 0.25) is 0 Å². The maximum atomic E-state index is 11.4. The molecule has 0 aliphatic carbocycles. The van der Waals surface area contributed by atoms with Crippen molar-refractivity contribution in [2.45, 2.75) is 63.7 Å². The lowest BCUT2D eigenvalue weighted by Gasteiger charge is -2.39. The average molecular weight is 407 g/mol. The molecule has 1 amide bonds. The summed E-state index contributed by atoms with van der Waals surface area (Å²) in [7, 11) is 0. The number of piperidine rings is 1. The second-order valence-corrected chi connectivity index (χ2v) is 9.47. The number of pyridine rings is 1. The average Bonchev–Trinajstić information content (AvgIpc) is 3.20. The van der Waals surface area contributed by atoms with Crippen LogP contribution >= 0.6 is 11.3 Å². The van der Waals surface area contributed by atoms with Crippen molar-refractivity contribution >= 4 is 27.6 Å². The largest absolute Gasteiger partial charge is 0.353 e. The zero-order valence-electron chi connectivity index (χ0n) is 16.7. The van der Waals surface area contributed by atoms with Gasteiger partial charge in [-0.3, -0.25) is 9.69 Å². The number of nitrogens with zero attached hydrogens (tertiary/aromatic N) is 3. The Kier molecular flexibility index (Phi) is 5.06. The van der Waals surface area contributed by atoms with Crippen molar-refractivity contribution in [1.82, 2.24) is 20.2 Å². The molecule has 0 saturated carbocycles. The fourth-order valence-electron chi connectivity index (χ4n) is 4.97. The number of fused-ring (bicyclic) bond motifs is 3. The van der Waals surface area contributed by atoms with E-state index < -0.39 is 0 Å². The third-order valence-corrected chi connectivity index (χ3v) is 7.25. The van der Waals surface area contributed by atoms with E-state index in [4.69, 9.17) is 0 Å². The van der Waals surface area contributed by atoms with Crippen molar-refractivity contribution in [3.63, 3.8) is 0 Å². The maximum absolute atomic E-state index is 11.4. The maximum Gasteiger partial charge on any atom is 0.217 e. The van der Waals surface area contributed by atoms with Crippen LogP contribution in [0.3, 0.4) is 0 Å². The highest BCUT2D eigenvalue weighted by Crippen LogP contribution is 2.37. The molecule has 2 aliphatic heterocycles. The third-order valence-electron chi connectivity index (χ3n) is 6.24. The summed E-state index contributed by atoms with van der Waals surface area (Å²) < 4.78 is 1.15. The molecule has 2 aliphatic rings. The predicted molar refractivity (Wildman–Crippen MR) is 116 cm³/mol. The van der Waals surface area contributed by atoms with E-state index in [1.54, 1.807) is 24.5 Å². The highest BCUT2D eigenvalue weighted by molar-refractivity contribution is 7.18. The van der Waals surface area contributed by atoms with Gasteiger partial charge in [0.25, 0.3) is 0 Å². The Bertz CT molecular complexity index is 968. The smallest absolute Gasteiger partial charge is 0.217 e. The molecule has 4 heterocycles. The van der Waals surface area contributed by atoms with Gasteiger partial charge in [0.2, 0.25) is 5.91 Å². The van der Waals surface area contributed by atoms with Gasteiger partial charge in [0.1, 0.15) is 5.01 Å². The summed E-state index contributed by atoms with van der Waals surface area (Å²) in [6, 6.07) is 14.6. The van der Waals surface area contributed by atoms with Gasteiger partial charge in [-0.1, -0.05) is 24.3 Å². The van der Waals surface area contributed by atoms with Gasteiger partial charge in [-0.2, -0.15) is 0 Å². The summed E-state index contributed by atoms with van der Waals surface area (Å²) in [6.07, 6.45) is 7.33. The van der Waals surface area contributed by atoms with Crippen LogP contribution in [0, 0.1) is 0 Å². The quantitative estimate of drug-likeness (QED) is 0.698. The van der Waals surface area contributed by atoms with Crippen LogP contribution < -0.4 is 5.32 Å². The first-order valence-electron chi connectivity index (χ1n) is 10.4. The van der Waals surface area contributed by atoms with E-state index in [2.05, 4.69) is 50.5 Å². The Morgan fingerprint density at radius 2 is 1.86 bits per heavy atom. The second-order valence-electron chi connectivity index (χ2n) is 8.35. The molecule has 2 aromatic heterocycles. The molecule has 0 radical (unpaired) electrons. The lowest BCUT2D eigenvalue weighted by molar-refractivity contribution is -0.120.